The van der Waals surface area contributed by atoms with Gasteiger partial charge in [0.25, 0.3) is 0 Å². The van der Waals surface area contributed by atoms with Gasteiger partial charge in [-0.05, 0) is 165 Å². The van der Waals surface area contributed by atoms with Crippen LogP contribution in [0.4, 0.5) is 18.9 Å². The normalized spacial score (nSPS) is 13.9. The Bertz CT molecular complexity index is 1920. The molecule has 4 nitrogen and oxygen atoms in total. The molecular weight excluding hydrogens is 667 g/mol. The second kappa shape index (κ2) is 15.9. The van der Waals surface area contributed by atoms with Gasteiger partial charge < -0.3 is 9.64 Å². The summed E-state index contributed by atoms with van der Waals surface area (Å²) in [5.74, 6) is -0.217. The molecule has 0 amide bonds. The van der Waals surface area contributed by atoms with Gasteiger partial charge in [-0.25, -0.2) is 0 Å². The largest absolute Gasteiger partial charge is 0.573 e. The van der Waals surface area contributed by atoms with Crippen molar-refractivity contribution in [2.24, 2.45) is 0 Å². The number of nitrogens with zero attached hydrogens (tertiary/aromatic N) is 3. The number of ether oxygens (including phenoxy) is 1. The van der Waals surface area contributed by atoms with Crippen LogP contribution in [0.2, 0.25) is 0 Å². The number of hydrogen-bond donors (Lipinski definition) is 0. The van der Waals surface area contributed by atoms with Crippen molar-refractivity contribution in [1.29, 1.82) is 0 Å². The van der Waals surface area contributed by atoms with Gasteiger partial charge >= 0.3 is 6.36 Å². The van der Waals surface area contributed by atoms with Gasteiger partial charge in [0.2, 0.25) is 0 Å². The summed E-state index contributed by atoms with van der Waals surface area (Å²) in [6.45, 7) is 16.2. The first kappa shape index (κ1) is 37.9. The zero-order valence-electron chi connectivity index (χ0n) is 30.3. The van der Waals surface area contributed by atoms with Crippen LogP contribution in [0.1, 0.15) is 57.3 Å². The van der Waals surface area contributed by atoms with E-state index in [1.807, 2.05) is 12.3 Å². The quantitative estimate of drug-likeness (QED) is 0.152. The molecule has 1 aliphatic heterocycles. The molecule has 0 radical (unpaired) electrons. The zero-order valence-corrected chi connectivity index (χ0v) is 31.1. The van der Waals surface area contributed by atoms with E-state index in [0.717, 1.165) is 55.0 Å². The molecule has 0 atom stereocenters. The van der Waals surface area contributed by atoms with Crippen LogP contribution in [0.25, 0.3) is 22.4 Å². The monoisotopic (exact) mass is 713 g/mol. The maximum atomic E-state index is 12.9. The van der Waals surface area contributed by atoms with Crippen LogP contribution >= 0.6 is 12.4 Å². The average molecular weight is 714 g/mol. The van der Waals surface area contributed by atoms with Crippen LogP contribution in [0, 0.1) is 41.5 Å². The average Bonchev–Trinajstić information content (AvgIpc) is 3.08. The van der Waals surface area contributed by atoms with E-state index >= 15 is 0 Å². The number of aryl methyl sites for hydroxylation is 4. The molecule has 8 heteroatoms. The molecule has 0 aliphatic carbocycles. The van der Waals surface area contributed by atoms with Gasteiger partial charge in [0.1, 0.15) is 5.75 Å². The first-order chi connectivity index (χ1) is 23.8. The molecular formula is C43H47ClF3N3O. The molecule has 5 aromatic rings. The van der Waals surface area contributed by atoms with Crippen molar-refractivity contribution in [3.05, 3.63) is 136 Å². The van der Waals surface area contributed by atoms with Gasteiger partial charge in [-0.3, -0.25) is 9.88 Å². The van der Waals surface area contributed by atoms with Crippen LogP contribution < -0.4 is 9.64 Å². The number of piperidine rings is 1. The number of halogens is 4. The first-order valence-corrected chi connectivity index (χ1v) is 17.4. The summed E-state index contributed by atoms with van der Waals surface area (Å²) in [4.78, 5) is 9.54. The van der Waals surface area contributed by atoms with E-state index in [1.165, 1.54) is 62.2 Å². The Morgan fingerprint density at radius 1 is 0.706 bits per heavy atom. The summed E-state index contributed by atoms with van der Waals surface area (Å²) in [6, 6.07) is 28.4. The number of pyridine rings is 1. The molecule has 6 rings (SSSR count). The predicted octanol–water partition coefficient (Wildman–Crippen LogP) is 11.3. The molecule has 0 unspecified atom stereocenters. The van der Waals surface area contributed by atoms with Gasteiger partial charge in [-0.1, -0.05) is 30.3 Å². The molecule has 4 aromatic carbocycles. The highest BCUT2D eigenvalue weighted by Crippen LogP contribution is 2.32. The lowest BCUT2D eigenvalue weighted by atomic mass is 9.95. The minimum Gasteiger partial charge on any atom is -0.406 e. The van der Waals surface area contributed by atoms with Gasteiger partial charge in [0, 0.05) is 49.7 Å². The lowest BCUT2D eigenvalue weighted by molar-refractivity contribution is -0.274. The van der Waals surface area contributed by atoms with Gasteiger partial charge in [-0.15, -0.1) is 25.6 Å². The van der Waals surface area contributed by atoms with Crippen molar-refractivity contribution in [2.45, 2.75) is 79.9 Å². The third-order valence-corrected chi connectivity index (χ3v) is 10.4. The summed E-state index contributed by atoms with van der Waals surface area (Å²) in [5.41, 5.74) is 15.4. The number of alkyl halides is 3. The molecule has 0 spiro atoms. The van der Waals surface area contributed by atoms with Gasteiger partial charge in [0.05, 0.1) is 5.69 Å². The van der Waals surface area contributed by atoms with E-state index < -0.39 is 6.36 Å². The Morgan fingerprint density at radius 2 is 1.29 bits per heavy atom. The molecule has 2 heterocycles. The Kier molecular flexibility index (Phi) is 11.8. The standard InChI is InChI=1S/C43H46F3N3O.ClH/c1-28-20-37(21-29(2)32(28)5)36-9-7-8-34(24-36)26-48-18-15-40(16-19-48)49(39-10-12-41(13-11-39)50-43(44,45)46)27-35-14-17-47-42(25-35)38-22-30(3)33(6)31(4)23-38;/h7-14,17,20-25,40H,15-16,18-19,26-27H2,1-6H3;1H. The molecule has 0 saturated carbocycles. The third kappa shape index (κ3) is 9.32. The molecule has 1 fully saturated rings. The minimum absolute atomic E-state index is 0. The Balaban J connectivity index is 0.00000504. The predicted molar refractivity (Wildman–Crippen MR) is 205 cm³/mol. The minimum atomic E-state index is -4.73. The first-order valence-electron chi connectivity index (χ1n) is 17.4. The SMILES string of the molecule is Cc1cc(-c2cccc(CN3CCC(N(Cc4ccnc(-c5cc(C)c(C)c(C)c5)c4)c4ccc(OC(F)(F)F)cc4)CC3)c2)cc(C)c1C.Cl. The molecule has 0 N–H and O–H groups in total. The maximum Gasteiger partial charge on any atom is 0.573 e. The van der Waals surface area contributed by atoms with E-state index in [4.69, 9.17) is 4.98 Å². The molecule has 1 aliphatic rings. The molecule has 1 saturated heterocycles. The van der Waals surface area contributed by atoms with E-state index in [2.05, 4.69) is 111 Å². The molecule has 0 bridgehead atoms. The van der Waals surface area contributed by atoms with Gasteiger partial charge in [-0.2, -0.15) is 0 Å². The van der Waals surface area contributed by atoms with Crippen molar-refractivity contribution in [3.8, 4) is 28.1 Å². The van der Waals surface area contributed by atoms with Crippen LogP contribution in [0.3, 0.4) is 0 Å². The van der Waals surface area contributed by atoms with Crippen molar-refractivity contribution in [2.75, 3.05) is 18.0 Å². The highest BCUT2D eigenvalue weighted by Gasteiger charge is 2.31. The van der Waals surface area contributed by atoms with Crippen LogP contribution in [0.15, 0.2) is 91.1 Å². The van der Waals surface area contributed by atoms with E-state index in [1.54, 1.807) is 12.1 Å². The fourth-order valence-corrected chi connectivity index (χ4v) is 7.08. The fourth-order valence-electron chi connectivity index (χ4n) is 7.08. The van der Waals surface area contributed by atoms with E-state index in [-0.39, 0.29) is 24.2 Å². The second-order valence-electron chi connectivity index (χ2n) is 13.9. The van der Waals surface area contributed by atoms with Crippen LogP contribution in [-0.2, 0) is 13.1 Å². The van der Waals surface area contributed by atoms with Crippen molar-refractivity contribution in [3.63, 3.8) is 0 Å². The summed E-state index contributed by atoms with van der Waals surface area (Å²) >= 11 is 0. The number of aromatic nitrogens is 1. The maximum absolute atomic E-state index is 12.9. The third-order valence-electron chi connectivity index (χ3n) is 10.4. The number of likely N-dealkylation sites (tertiary alicyclic amines) is 1. The summed E-state index contributed by atoms with van der Waals surface area (Å²) in [6.07, 6.45) is -1.01. The number of benzene rings is 4. The Morgan fingerprint density at radius 3 is 1.88 bits per heavy atom. The molecule has 51 heavy (non-hydrogen) atoms. The Labute approximate surface area is 306 Å². The molecule has 1 aromatic heterocycles. The Hall–Kier alpha value is -4.33. The van der Waals surface area contributed by atoms with Crippen molar-refractivity contribution < 1.29 is 17.9 Å². The lowest BCUT2D eigenvalue weighted by Gasteiger charge is -2.40. The summed E-state index contributed by atoms with van der Waals surface area (Å²) in [7, 11) is 0. The van der Waals surface area contributed by atoms with Crippen molar-refractivity contribution >= 4 is 18.1 Å². The van der Waals surface area contributed by atoms with E-state index in [9.17, 15) is 13.2 Å². The molecule has 268 valence electrons. The van der Waals surface area contributed by atoms with Crippen LogP contribution in [0.5, 0.6) is 5.75 Å². The van der Waals surface area contributed by atoms with Crippen molar-refractivity contribution in [1.82, 2.24) is 9.88 Å². The summed E-state index contributed by atoms with van der Waals surface area (Å²) < 4.78 is 43.0. The van der Waals surface area contributed by atoms with Crippen LogP contribution in [-0.4, -0.2) is 35.4 Å². The number of anilines is 1. The second-order valence-corrected chi connectivity index (χ2v) is 13.9. The highest BCUT2D eigenvalue weighted by molar-refractivity contribution is 5.85. The summed E-state index contributed by atoms with van der Waals surface area (Å²) in [5, 5.41) is 0. The fraction of sp³-hybridized carbons (Fsp3) is 0.326. The van der Waals surface area contributed by atoms with E-state index in [0.29, 0.717) is 6.54 Å². The lowest BCUT2D eigenvalue weighted by Crippen LogP contribution is -2.44. The number of hydrogen-bond acceptors (Lipinski definition) is 4. The van der Waals surface area contributed by atoms with Gasteiger partial charge in [0.15, 0.2) is 0 Å². The highest BCUT2D eigenvalue weighted by atomic mass is 35.5. The smallest absolute Gasteiger partial charge is 0.406 e. The topological polar surface area (TPSA) is 28.6 Å². The number of rotatable bonds is 9. The zero-order chi connectivity index (χ0) is 35.6.